The zero-order chi connectivity index (χ0) is 24.2. The first-order valence-corrected chi connectivity index (χ1v) is 10.5. The van der Waals surface area contributed by atoms with Gasteiger partial charge in [0.1, 0.15) is 17.2 Å². The van der Waals surface area contributed by atoms with Crippen molar-refractivity contribution >= 4 is 40.4 Å². The van der Waals surface area contributed by atoms with E-state index in [0.29, 0.717) is 34.1 Å². The molecule has 4 rings (SSSR count). The van der Waals surface area contributed by atoms with Crippen LogP contribution < -0.4 is 25.0 Å². The molecule has 0 saturated carbocycles. The van der Waals surface area contributed by atoms with Gasteiger partial charge in [-0.05, 0) is 66.2 Å². The topological polar surface area (TPSA) is 97.0 Å². The van der Waals surface area contributed by atoms with Gasteiger partial charge in [-0.15, -0.1) is 0 Å². The largest absolute Gasteiger partial charge is 0.497 e. The normalized spacial score (nSPS) is 13.2. The maximum absolute atomic E-state index is 13.5. The molecule has 3 aromatic carbocycles. The predicted octanol–water partition coefficient (Wildman–Crippen LogP) is 4.06. The smallest absolute Gasteiger partial charge is 0.282 e. The van der Waals surface area contributed by atoms with Crippen molar-refractivity contribution < 1.29 is 23.9 Å². The fourth-order valence-electron chi connectivity index (χ4n) is 3.62. The van der Waals surface area contributed by atoms with E-state index in [-0.39, 0.29) is 17.2 Å². The summed E-state index contributed by atoms with van der Waals surface area (Å²) >= 11 is 0. The number of carbonyl (C=O) groups is 3. The average Bonchev–Trinajstić information content (AvgIpc) is 3.09. The van der Waals surface area contributed by atoms with Gasteiger partial charge in [0, 0.05) is 18.3 Å². The molecule has 1 aliphatic rings. The molecular weight excluding hydrogens is 434 g/mol. The van der Waals surface area contributed by atoms with Crippen LogP contribution in [0.4, 0.5) is 17.1 Å². The van der Waals surface area contributed by atoms with Crippen LogP contribution in [0.2, 0.25) is 0 Å². The molecule has 2 N–H and O–H groups in total. The number of amides is 3. The lowest BCUT2D eigenvalue weighted by Gasteiger charge is -2.16. The number of benzene rings is 3. The Kier molecular flexibility index (Phi) is 6.31. The number of imide groups is 1. The molecule has 0 unspecified atom stereocenters. The number of anilines is 3. The minimum Gasteiger partial charge on any atom is -0.497 e. The number of carbonyl (C=O) groups excluding carboxylic acids is 3. The molecule has 1 heterocycles. The van der Waals surface area contributed by atoms with Gasteiger partial charge in [-0.3, -0.25) is 14.4 Å². The Balaban J connectivity index is 1.73. The van der Waals surface area contributed by atoms with E-state index in [4.69, 9.17) is 9.47 Å². The molecule has 0 saturated heterocycles. The monoisotopic (exact) mass is 457 g/mol. The maximum atomic E-state index is 13.5. The van der Waals surface area contributed by atoms with E-state index in [9.17, 15) is 14.4 Å². The number of hydrogen-bond acceptors (Lipinski definition) is 6. The molecule has 1 aliphatic heterocycles. The van der Waals surface area contributed by atoms with Gasteiger partial charge in [-0.2, -0.15) is 0 Å². The lowest BCUT2D eigenvalue weighted by Crippen LogP contribution is -2.32. The molecule has 172 valence electrons. The molecule has 0 radical (unpaired) electrons. The van der Waals surface area contributed by atoms with E-state index in [1.165, 1.54) is 6.92 Å². The number of hydrogen-bond donors (Lipinski definition) is 2. The third kappa shape index (κ3) is 4.47. The van der Waals surface area contributed by atoms with Crippen LogP contribution in [-0.2, 0) is 14.4 Å². The molecule has 0 spiro atoms. The van der Waals surface area contributed by atoms with Crippen LogP contribution in [0.15, 0.2) is 78.5 Å². The van der Waals surface area contributed by atoms with Crippen molar-refractivity contribution in [3.05, 3.63) is 84.1 Å². The minimum atomic E-state index is -0.480. The SMILES string of the molecule is COc1ccc(C2=C(Nc3ccc(NC(C)=O)cc3)C(=O)N(c3ccc(OC)cc3)C2=O)cc1. The summed E-state index contributed by atoms with van der Waals surface area (Å²) in [6, 6.07) is 20.5. The quantitative estimate of drug-likeness (QED) is 0.520. The molecular formula is C26H23N3O5. The van der Waals surface area contributed by atoms with Gasteiger partial charge in [0.2, 0.25) is 5.91 Å². The van der Waals surface area contributed by atoms with Crippen LogP contribution in [0, 0.1) is 0 Å². The second-order valence-corrected chi connectivity index (χ2v) is 7.51. The van der Waals surface area contributed by atoms with Gasteiger partial charge in [0.25, 0.3) is 11.8 Å². The van der Waals surface area contributed by atoms with Crippen LogP contribution in [-0.4, -0.2) is 31.9 Å². The predicted molar refractivity (Wildman–Crippen MR) is 130 cm³/mol. The fraction of sp³-hybridized carbons (Fsp3) is 0.115. The summed E-state index contributed by atoms with van der Waals surface area (Å²) in [6.07, 6.45) is 0. The lowest BCUT2D eigenvalue weighted by molar-refractivity contribution is -0.120. The Hall–Kier alpha value is -4.59. The summed E-state index contributed by atoms with van der Waals surface area (Å²) in [5.41, 5.74) is 2.61. The van der Waals surface area contributed by atoms with Crippen LogP contribution in [0.3, 0.4) is 0 Å². The van der Waals surface area contributed by atoms with Crippen LogP contribution >= 0.6 is 0 Å². The lowest BCUT2D eigenvalue weighted by atomic mass is 10.0. The van der Waals surface area contributed by atoms with Crippen molar-refractivity contribution in [2.24, 2.45) is 0 Å². The average molecular weight is 457 g/mol. The Morgan fingerprint density at radius 1 is 0.735 bits per heavy atom. The first-order valence-electron chi connectivity index (χ1n) is 10.5. The van der Waals surface area contributed by atoms with Gasteiger partial charge in [0.05, 0.1) is 25.5 Å². The highest BCUT2D eigenvalue weighted by Crippen LogP contribution is 2.35. The third-order valence-corrected chi connectivity index (χ3v) is 5.27. The van der Waals surface area contributed by atoms with Crippen LogP contribution in [0.1, 0.15) is 12.5 Å². The minimum absolute atomic E-state index is 0.151. The number of rotatable bonds is 7. The fourth-order valence-corrected chi connectivity index (χ4v) is 3.62. The maximum Gasteiger partial charge on any atom is 0.282 e. The van der Waals surface area contributed by atoms with E-state index < -0.39 is 11.8 Å². The second-order valence-electron chi connectivity index (χ2n) is 7.51. The highest BCUT2D eigenvalue weighted by Gasteiger charge is 2.40. The highest BCUT2D eigenvalue weighted by atomic mass is 16.5. The molecule has 0 bridgehead atoms. The van der Waals surface area contributed by atoms with E-state index in [1.807, 2.05) is 0 Å². The molecule has 8 heteroatoms. The Morgan fingerprint density at radius 2 is 1.26 bits per heavy atom. The number of methoxy groups -OCH3 is 2. The van der Waals surface area contributed by atoms with Crippen LogP contribution in [0.25, 0.3) is 5.57 Å². The summed E-state index contributed by atoms with van der Waals surface area (Å²) < 4.78 is 10.4. The van der Waals surface area contributed by atoms with E-state index in [0.717, 1.165) is 4.90 Å². The zero-order valence-electron chi connectivity index (χ0n) is 18.9. The van der Waals surface area contributed by atoms with Crippen molar-refractivity contribution in [1.82, 2.24) is 0 Å². The third-order valence-electron chi connectivity index (χ3n) is 5.27. The van der Waals surface area contributed by atoms with Gasteiger partial charge < -0.3 is 20.1 Å². The summed E-state index contributed by atoms with van der Waals surface area (Å²) in [5.74, 6) is 0.140. The molecule has 0 fully saturated rings. The molecule has 0 aliphatic carbocycles. The molecule has 0 aromatic heterocycles. The highest BCUT2D eigenvalue weighted by molar-refractivity contribution is 6.46. The summed E-state index contributed by atoms with van der Waals surface area (Å²) in [5, 5.41) is 5.79. The second kappa shape index (κ2) is 9.50. The van der Waals surface area contributed by atoms with Crippen molar-refractivity contribution in [3.63, 3.8) is 0 Å². The zero-order valence-corrected chi connectivity index (χ0v) is 18.9. The van der Waals surface area contributed by atoms with Gasteiger partial charge in [-0.25, -0.2) is 4.90 Å². The number of nitrogens with zero attached hydrogens (tertiary/aromatic N) is 1. The number of ether oxygens (including phenoxy) is 2. The molecule has 8 nitrogen and oxygen atoms in total. The van der Waals surface area contributed by atoms with Crippen molar-refractivity contribution in [2.45, 2.75) is 6.92 Å². The van der Waals surface area contributed by atoms with Crippen molar-refractivity contribution in [3.8, 4) is 11.5 Å². The summed E-state index contributed by atoms with van der Waals surface area (Å²) in [7, 11) is 3.10. The van der Waals surface area contributed by atoms with Crippen molar-refractivity contribution in [2.75, 3.05) is 29.8 Å². The van der Waals surface area contributed by atoms with E-state index in [1.54, 1.807) is 87.0 Å². The Bertz CT molecular complexity index is 1260. The van der Waals surface area contributed by atoms with Crippen LogP contribution in [0.5, 0.6) is 11.5 Å². The molecule has 3 amide bonds. The molecule has 0 atom stereocenters. The van der Waals surface area contributed by atoms with E-state index >= 15 is 0 Å². The van der Waals surface area contributed by atoms with Crippen molar-refractivity contribution in [1.29, 1.82) is 0 Å². The molecule has 3 aromatic rings. The Labute approximate surface area is 196 Å². The van der Waals surface area contributed by atoms with E-state index in [2.05, 4.69) is 10.6 Å². The standard InChI is InChI=1S/C26H23N3O5/c1-16(30)27-18-6-8-19(9-7-18)28-24-23(17-4-12-21(33-2)13-5-17)25(31)29(26(24)32)20-10-14-22(34-3)15-11-20/h4-15,28H,1-3H3,(H,27,30). The summed E-state index contributed by atoms with van der Waals surface area (Å²) in [4.78, 5) is 39.4. The van der Waals surface area contributed by atoms with Gasteiger partial charge in [0.15, 0.2) is 0 Å². The Morgan fingerprint density at radius 3 is 1.79 bits per heavy atom. The van der Waals surface area contributed by atoms with Gasteiger partial charge in [-0.1, -0.05) is 12.1 Å². The first kappa shape index (κ1) is 22.6. The number of nitrogens with one attached hydrogen (secondary N) is 2. The summed E-state index contributed by atoms with van der Waals surface area (Å²) in [6.45, 7) is 1.43. The first-order chi connectivity index (χ1) is 16.4. The van der Waals surface area contributed by atoms with Gasteiger partial charge >= 0.3 is 0 Å². The molecule has 34 heavy (non-hydrogen) atoms.